The van der Waals surface area contributed by atoms with E-state index in [1.165, 1.54) is 0 Å². The molecule has 0 spiro atoms. The van der Waals surface area contributed by atoms with Gasteiger partial charge in [-0.05, 0) is 25.2 Å². The Labute approximate surface area is 72.0 Å². The lowest BCUT2D eigenvalue weighted by atomic mass is 9.82. The topological polar surface area (TPSA) is 61.1 Å². The molecule has 0 amide bonds. The van der Waals surface area contributed by atoms with Gasteiger partial charge in [-0.3, -0.25) is 0 Å². The number of carbonyl (C=O) groups is 1. The average Bonchev–Trinajstić information content (AvgIpc) is 2.47. The smallest absolute Gasteiger partial charge is 0.150 e. The molecule has 12 heavy (non-hydrogen) atoms. The van der Waals surface area contributed by atoms with E-state index in [1.807, 2.05) is 6.92 Å². The highest BCUT2D eigenvalue weighted by Crippen LogP contribution is 2.43. The summed E-state index contributed by atoms with van der Waals surface area (Å²) in [5.41, 5.74) is -0.791. The van der Waals surface area contributed by atoms with Crippen molar-refractivity contribution < 1.29 is 9.90 Å². The third kappa shape index (κ3) is 1.35. The summed E-state index contributed by atoms with van der Waals surface area (Å²) in [6.07, 6.45) is 1.58. The van der Waals surface area contributed by atoms with E-state index in [-0.39, 0.29) is 0 Å². The van der Waals surface area contributed by atoms with Gasteiger partial charge in [0.1, 0.15) is 12.4 Å². The highest BCUT2D eigenvalue weighted by atomic mass is 16.3. The van der Waals surface area contributed by atoms with Crippen molar-refractivity contribution in [1.29, 1.82) is 5.26 Å². The van der Waals surface area contributed by atoms with Crippen molar-refractivity contribution in [3.05, 3.63) is 0 Å². The Bertz CT molecular complexity index is 221. The maximum atomic E-state index is 10.4. The molecule has 1 rings (SSSR count). The number of carbonyl (C=O) groups excluding carboxylic acids is 1. The van der Waals surface area contributed by atoms with Crippen LogP contribution in [0.5, 0.6) is 0 Å². The number of nitrogens with zero attached hydrogens (tertiary/aromatic N) is 1. The summed E-state index contributed by atoms with van der Waals surface area (Å²) < 4.78 is 0. The van der Waals surface area contributed by atoms with Gasteiger partial charge in [-0.25, -0.2) is 0 Å². The first-order chi connectivity index (χ1) is 5.64. The number of aliphatic hydroxyl groups excluding tert-OH is 1. The van der Waals surface area contributed by atoms with Gasteiger partial charge in [0.2, 0.25) is 0 Å². The molecule has 1 aliphatic carbocycles. The number of aldehydes is 1. The summed E-state index contributed by atoms with van der Waals surface area (Å²) in [6.45, 7) is 2.04. The van der Waals surface area contributed by atoms with E-state index in [0.29, 0.717) is 25.0 Å². The fourth-order valence-electron chi connectivity index (χ4n) is 1.90. The molecule has 1 N–H and O–H groups in total. The van der Waals surface area contributed by atoms with Crippen molar-refractivity contribution in [2.45, 2.75) is 32.3 Å². The van der Waals surface area contributed by atoms with Crippen LogP contribution in [0.15, 0.2) is 0 Å². The highest BCUT2D eigenvalue weighted by molar-refractivity contribution is 5.58. The molecule has 0 aromatic rings. The van der Waals surface area contributed by atoms with Gasteiger partial charge >= 0.3 is 0 Å². The second-order valence-corrected chi connectivity index (χ2v) is 3.70. The molecular formula is C9H13NO2. The molecule has 3 heteroatoms. The Morgan fingerprint density at radius 2 is 2.50 bits per heavy atom. The first-order valence-electron chi connectivity index (χ1n) is 4.19. The predicted molar refractivity (Wildman–Crippen MR) is 43.1 cm³/mol. The molecule has 1 aliphatic rings. The molecule has 0 aromatic carbocycles. The van der Waals surface area contributed by atoms with Crippen molar-refractivity contribution in [3.8, 4) is 6.07 Å². The Morgan fingerprint density at radius 3 is 2.83 bits per heavy atom. The Morgan fingerprint density at radius 1 is 1.83 bits per heavy atom. The van der Waals surface area contributed by atoms with E-state index in [9.17, 15) is 9.90 Å². The largest absolute Gasteiger partial charge is 0.384 e. The van der Waals surface area contributed by atoms with Crippen LogP contribution in [-0.4, -0.2) is 17.5 Å². The second kappa shape index (κ2) is 3.24. The standard InChI is InChI=1S/C9H13NO2/c1-7-2-3-9(4-7,6-10)8(12)5-11/h5,7-8,12H,2-4H2,1H3. The Hall–Kier alpha value is -0.880. The zero-order valence-corrected chi connectivity index (χ0v) is 7.16. The van der Waals surface area contributed by atoms with Crippen molar-refractivity contribution in [2.24, 2.45) is 11.3 Å². The van der Waals surface area contributed by atoms with Crippen molar-refractivity contribution >= 4 is 6.29 Å². The quantitative estimate of drug-likeness (QED) is 0.621. The molecule has 0 heterocycles. The Kier molecular flexibility index (Phi) is 2.49. The molecule has 1 fully saturated rings. The van der Waals surface area contributed by atoms with Gasteiger partial charge in [-0.1, -0.05) is 6.92 Å². The van der Waals surface area contributed by atoms with Gasteiger partial charge in [0.05, 0.1) is 11.5 Å². The second-order valence-electron chi connectivity index (χ2n) is 3.70. The SMILES string of the molecule is CC1CCC(C#N)(C(O)C=O)C1. The molecule has 0 radical (unpaired) electrons. The van der Waals surface area contributed by atoms with Gasteiger partial charge in [0, 0.05) is 0 Å². The molecule has 0 aromatic heterocycles. The number of hydrogen-bond donors (Lipinski definition) is 1. The molecule has 0 aliphatic heterocycles. The Balaban J connectivity index is 2.79. The molecule has 3 atom stereocenters. The molecule has 0 bridgehead atoms. The minimum absolute atomic E-state index is 0.444. The van der Waals surface area contributed by atoms with Crippen molar-refractivity contribution in [2.75, 3.05) is 0 Å². The zero-order chi connectivity index (χ0) is 9.19. The van der Waals surface area contributed by atoms with Crippen molar-refractivity contribution in [1.82, 2.24) is 0 Å². The highest BCUT2D eigenvalue weighted by Gasteiger charge is 2.43. The van der Waals surface area contributed by atoms with E-state index < -0.39 is 11.5 Å². The summed E-state index contributed by atoms with van der Waals surface area (Å²) >= 11 is 0. The van der Waals surface area contributed by atoms with Gasteiger partial charge in [0.15, 0.2) is 0 Å². The van der Waals surface area contributed by atoms with E-state index in [4.69, 9.17) is 5.26 Å². The van der Waals surface area contributed by atoms with Gasteiger partial charge in [0.25, 0.3) is 0 Å². The number of nitriles is 1. The molecule has 3 nitrogen and oxygen atoms in total. The van der Waals surface area contributed by atoms with Crippen molar-refractivity contribution in [3.63, 3.8) is 0 Å². The molecule has 66 valence electrons. The van der Waals surface area contributed by atoms with Crippen LogP contribution in [0, 0.1) is 22.7 Å². The normalized spacial score (nSPS) is 37.2. The summed E-state index contributed by atoms with van der Waals surface area (Å²) in [6, 6.07) is 2.08. The maximum absolute atomic E-state index is 10.4. The number of hydrogen-bond acceptors (Lipinski definition) is 3. The van der Waals surface area contributed by atoms with E-state index >= 15 is 0 Å². The fraction of sp³-hybridized carbons (Fsp3) is 0.778. The zero-order valence-electron chi connectivity index (χ0n) is 7.16. The summed E-state index contributed by atoms with van der Waals surface area (Å²) in [5, 5.41) is 18.2. The molecule has 1 saturated carbocycles. The number of aliphatic hydroxyl groups is 1. The van der Waals surface area contributed by atoms with Crippen LogP contribution in [0.1, 0.15) is 26.2 Å². The maximum Gasteiger partial charge on any atom is 0.150 e. The lowest BCUT2D eigenvalue weighted by Crippen LogP contribution is -2.32. The van der Waals surface area contributed by atoms with Crippen LogP contribution in [0.25, 0.3) is 0 Å². The van der Waals surface area contributed by atoms with E-state index in [0.717, 1.165) is 6.42 Å². The van der Waals surface area contributed by atoms with Gasteiger partial charge < -0.3 is 9.90 Å². The van der Waals surface area contributed by atoms with Gasteiger partial charge in [-0.15, -0.1) is 0 Å². The molecule has 0 saturated heterocycles. The fourth-order valence-corrected chi connectivity index (χ4v) is 1.90. The van der Waals surface area contributed by atoms with E-state index in [1.54, 1.807) is 0 Å². The van der Waals surface area contributed by atoms with Crippen LogP contribution in [0.3, 0.4) is 0 Å². The summed E-state index contributed by atoms with van der Waals surface area (Å²) in [5.74, 6) is 0.444. The predicted octanol–water partition coefficient (Wildman–Crippen LogP) is 0.876. The first kappa shape index (κ1) is 9.21. The van der Waals surface area contributed by atoms with Crippen LogP contribution in [-0.2, 0) is 4.79 Å². The lowest BCUT2D eigenvalue weighted by Gasteiger charge is -2.22. The first-order valence-corrected chi connectivity index (χ1v) is 4.19. The summed E-state index contributed by atoms with van der Waals surface area (Å²) in [7, 11) is 0. The third-order valence-electron chi connectivity index (χ3n) is 2.71. The molecular weight excluding hydrogens is 154 g/mol. The summed E-state index contributed by atoms with van der Waals surface area (Å²) in [4.78, 5) is 10.4. The third-order valence-corrected chi connectivity index (χ3v) is 2.71. The minimum atomic E-state index is -1.10. The minimum Gasteiger partial charge on any atom is -0.384 e. The molecule has 3 unspecified atom stereocenters. The number of rotatable bonds is 2. The van der Waals surface area contributed by atoms with Gasteiger partial charge in [-0.2, -0.15) is 5.26 Å². The van der Waals surface area contributed by atoms with E-state index in [2.05, 4.69) is 6.07 Å². The van der Waals surface area contributed by atoms with Crippen LogP contribution in [0.2, 0.25) is 0 Å². The lowest BCUT2D eigenvalue weighted by molar-refractivity contribution is -0.119. The van der Waals surface area contributed by atoms with Crippen LogP contribution >= 0.6 is 0 Å². The monoisotopic (exact) mass is 167 g/mol. The van der Waals surface area contributed by atoms with Crippen LogP contribution < -0.4 is 0 Å². The average molecular weight is 167 g/mol. The van der Waals surface area contributed by atoms with Crippen LogP contribution in [0.4, 0.5) is 0 Å².